The third-order valence-electron chi connectivity index (χ3n) is 2.83. The highest BCUT2D eigenvalue weighted by atomic mass is 79.9. The number of amides is 1. The van der Waals surface area contributed by atoms with Gasteiger partial charge >= 0.3 is 0 Å². The van der Waals surface area contributed by atoms with Crippen LogP contribution in [0.3, 0.4) is 0 Å². The number of carbonyl (C=O) groups is 1. The lowest BCUT2D eigenvalue weighted by Gasteiger charge is -2.09. The van der Waals surface area contributed by atoms with Gasteiger partial charge in [0.25, 0.3) is 5.91 Å². The molecule has 0 saturated heterocycles. The van der Waals surface area contributed by atoms with E-state index in [1.807, 2.05) is 25.1 Å². The van der Waals surface area contributed by atoms with Gasteiger partial charge in [-0.1, -0.05) is 27.5 Å². The van der Waals surface area contributed by atoms with Crippen LogP contribution < -0.4 is 10.1 Å². The van der Waals surface area contributed by atoms with E-state index in [4.69, 9.17) is 16.3 Å². The number of anilines is 1. The van der Waals surface area contributed by atoms with Crippen molar-refractivity contribution in [1.29, 1.82) is 0 Å². The first-order chi connectivity index (χ1) is 9.51. The van der Waals surface area contributed by atoms with E-state index < -0.39 is 0 Å². The fourth-order valence-electron chi connectivity index (χ4n) is 1.73. The fourth-order valence-corrected chi connectivity index (χ4v) is 2.24. The second-order valence-electron chi connectivity index (χ2n) is 4.27. The third-order valence-corrected chi connectivity index (χ3v) is 4.01. The summed E-state index contributed by atoms with van der Waals surface area (Å²) in [5, 5.41) is 3.24. The first-order valence-electron chi connectivity index (χ1n) is 5.92. The zero-order valence-electron chi connectivity index (χ0n) is 11.0. The van der Waals surface area contributed by atoms with Crippen LogP contribution in [0.25, 0.3) is 0 Å². The first-order valence-corrected chi connectivity index (χ1v) is 7.09. The molecule has 2 rings (SSSR count). The van der Waals surface area contributed by atoms with Crippen molar-refractivity contribution in [3.05, 3.63) is 57.0 Å². The number of carbonyl (C=O) groups excluding carboxylic acids is 1. The van der Waals surface area contributed by atoms with Crippen LogP contribution >= 0.6 is 27.5 Å². The Labute approximate surface area is 131 Å². The van der Waals surface area contributed by atoms with E-state index in [2.05, 4.69) is 21.2 Å². The van der Waals surface area contributed by atoms with E-state index in [9.17, 15) is 4.79 Å². The highest BCUT2D eigenvalue weighted by molar-refractivity contribution is 9.10. The molecule has 1 amide bonds. The van der Waals surface area contributed by atoms with Crippen molar-refractivity contribution < 1.29 is 9.53 Å². The molecular formula is C15H13BrClNO2. The maximum atomic E-state index is 12.1. The highest BCUT2D eigenvalue weighted by Crippen LogP contribution is 2.26. The Morgan fingerprint density at radius 2 is 2.00 bits per heavy atom. The van der Waals surface area contributed by atoms with Gasteiger partial charge in [-0.3, -0.25) is 4.79 Å². The molecule has 0 heterocycles. The second kappa shape index (κ2) is 6.29. The Bertz CT molecular complexity index is 658. The Balaban J connectivity index is 2.19. The lowest BCUT2D eigenvalue weighted by molar-refractivity contribution is 0.102. The van der Waals surface area contributed by atoms with E-state index in [1.165, 1.54) is 7.11 Å². The number of hydrogen-bond donors (Lipinski definition) is 1. The topological polar surface area (TPSA) is 38.3 Å². The molecule has 0 aromatic heterocycles. The Morgan fingerprint density at radius 1 is 1.25 bits per heavy atom. The largest absolute Gasteiger partial charge is 0.495 e. The third kappa shape index (κ3) is 3.32. The number of aryl methyl sites for hydroxylation is 1. The van der Waals surface area contributed by atoms with Crippen LogP contribution in [0.5, 0.6) is 5.75 Å². The summed E-state index contributed by atoms with van der Waals surface area (Å²) in [5.41, 5.74) is 2.27. The van der Waals surface area contributed by atoms with Crippen LogP contribution in [0.2, 0.25) is 5.02 Å². The van der Waals surface area contributed by atoms with Crippen LogP contribution in [0, 0.1) is 6.92 Å². The number of ether oxygens (including phenoxy) is 1. The predicted molar refractivity (Wildman–Crippen MR) is 84.8 cm³/mol. The molecule has 0 radical (unpaired) electrons. The molecule has 5 heteroatoms. The number of hydrogen-bond acceptors (Lipinski definition) is 2. The van der Waals surface area contributed by atoms with Crippen molar-refractivity contribution in [2.75, 3.05) is 12.4 Å². The molecule has 0 unspecified atom stereocenters. The molecule has 0 spiro atoms. The molecule has 0 bridgehead atoms. The van der Waals surface area contributed by atoms with E-state index in [-0.39, 0.29) is 5.91 Å². The van der Waals surface area contributed by atoms with Gasteiger partial charge in [-0.25, -0.2) is 0 Å². The molecule has 0 aliphatic rings. The lowest BCUT2D eigenvalue weighted by Crippen LogP contribution is -2.12. The molecular weight excluding hydrogens is 342 g/mol. The zero-order chi connectivity index (χ0) is 14.7. The summed E-state index contributed by atoms with van der Waals surface area (Å²) in [6, 6.07) is 10.6. The molecule has 0 atom stereocenters. The fraction of sp³-hybridized carbons (Fsp3) is 0.133. The molecule has 0 aliphatic heterocycles. The summed E-state index contributed by atoms with van der Waals surface area (Å²) in [5.74, 6) is 0.332. The number of methoxy groups -OCH3 is 1. The van der Waals surface area contributed by atoms with E-state index in [1.54, 1.807) is 18.2 Å². The van der Waals surface area contributed by atoms with Gasteiger partial charge in [-0.05, 0) is 48.9 Å². The quantitative estimate of drug-likeness (QED) is 0.869. The zero-order valence-corrected chi connectivity index (χ0v) is 13.4. The van der Waals surface area contributed by atoms with Gasteiger partial charge in [-0.2, -0.15) is 0 Å². The lowest BCUT2D eigenvalue weighted by atomic mass is 10.2. The Morgan fingerprint density at radius 3 is 2.60 bits per heavy atom. The summed E-state index contributed by atoms with van der Waals surface area (Å²) in [6.45, 7) is 1.96. The molecule has 104 valence electrons. The first kappa shape index (κ1) is 14.9. The van der Waals surface area contributed by atoms with Crippen molar-refractivity contribution in [2.45, 2.75) is 6.92 Å². The SMILES string of the molecule is COc1ccc(C(=O)Nc2ccc(Br)c(C)c2)cc1Cl. The minimum atomic E-state index is -0.212. The molecule has 3 nitrogen and oxygen atoms in total. The van der Waals surface area contributed by atoms with Gasteiger partial charge in [0.05, 0.1) is 12.1 Å². The van der Waals surface area contributed by atoms with Gasteiger partial charge in [-0.15, -0.1) is 0 Å². The van der Waals surface area contributed by atoms with Gasteiger partial charge in [0.15, 0.2) is 0 Å². The molecule has 2 aromatic rings. The van der Waals surface area contributed by atoms with Crippen molar-refractivity contribution in [2.24, 2.45) is 0 Å². The number of halogens is 2. The number of rotatable bonds is 3. The highest BCUT2D eigenvalue weighted by Gasteiger charge is 2.09. The molecule has 0 fully saturated rings. The standard InChI is InChI=1S/C15H13BrClNO2/c1-9-7-11(4-5-12(9)16)18-15(19)10-3-6-14(20-2)13(17)8-10/h3-8H,1-2H3,(H,18,19). The Hall–Kier alpha value is -1.52. The van der Waals surface area contributed by atoms with Gasteiger partial charge < -0.3 is 10.1 Å². The predicted octanol–water partition coefficient (Wildman–Crippen LogP) is 4.67. The van der Waals surface area contributed by atoms with Crippen molar-refractivity contribution in [3.8, 4) is 5.75 Å². The molecule has 2 aromatic carbocycles. The average Bonchev–Trinajstić information content (AvgIpc) is 2.42. The number of nitrogens with one attached hydrogen (secondary N) is 1. The summed E-state index contributed by atoms with van der Waals surface area (Å²) >= 11 is 9.43. The summed E-state index contributed by atoms with van der Waals surface area (Å²) in [4.78, 5) is 12.1. The second-order valence-corrected chi connectivity index (χ2v) is 5.53. The normalized spacial score (nSPS) is 10.2. The van der Waals surface area contributed by atoms with E-state index >= 15 is 0 Å². The van der Waals surface area contributed by atoms with Gasteiger partial charge in [0.2, 0.25) is 0 Å². The molecule has 0 aliphatic carbocycles. The number of benzene rings is 2. The van der Waals surface area contributed by atoms with Crippen molar-refractivity contribution >= 4 is 39.1 Å². The summed E-state index contributed by atoms with van der Waals surface area (Å²) < 4.78 is 6.06. The van der Waals surface area contributed by atoms with Crippen LogP contribution in [0.15, 0.2) is 40.9 Å². The molecule has 0 saturated carbocycles. The molecule has 20 heavy (non-hydrogen) atoms. The van der Waals surface area contributed by atoms with Crippen molar-refractivity contribution in [3.63, 3.8) is 0 Å². The maximum absolute atomic E-state index is 12.1. The van der Waals surface area contributed by atoms with Gasteiger partial charge in [0.1, 0.15) is 5.75 Å². The van der Waals surface area contributed by atoms with Crippen LogP contribution in [-0.2, 0) is 0 Å². The van der Waals surface area contributed by atoms with Crippen LogP contribution in [0.4, 0.5) is 5.69 Å². The van der Waals surface area contributed by atoms with Crippen molar-refractivity contribution in [1.82, 2.24) is 0 Å². The minimum Gasteiger partial charge on any atom is -0.495 e. The van der Waals surface area contributed by atoms with Crippen LogP contribution in [0.1, 0.15) is 15.9 Å². The smallest absolute Gasteiger partial charge is 0.255 e. The maximum Gasteiger partial charge on any atom is 0.255 e. The summed E-state index contributed by atoms with van der Waals surface area (Å²) in [7, 11) is 1.53. The van der Waals surface area contributed by atoms with Gasteiger partial charge in [0, 0.05) is 15.7 Å². The monoisotopic (exact) mass is 353 g/mol. The Kier molecular flexibility index (Phi) is 4.68. The van der Waals surface area contributed by atoms with Crippen LogP contribution in [-0.4, -0.2) is 13.0 Å². The molecule has 1 N–H and O–H groups in total. The summed E-state index contributed by atoms with van der Waals surface area (Å²) in [6.07, 6.45) is 0. The minimum absolute atomic E-state index is 0.212. The van der Waals surface area contributed by atoms with E-state index in [0.717, 1.165) is 15.7 Å². The average molecular weight is 355 g/mol. The van der Waals surface area contributed by atoms with E-state index in [0.29, 0.717) is 16.3 Å².